The van der Waals surface area contributed by atoms with E-state index in [1.54, 1.807) is 24.4 Å². The molecule has 16 heavy (non-hydrogen) atoms. The Labute approximate surface area is 101 Å². The van der Waals surface area contributed by atoms with Crippen molar-refractivity contribution in [3.8, 4) is 5.75 Å². The van der Waals surface area contributed by atoms with Gasteiger partial charge in [-0.3, -0.25) is 0 Å². The fourth-order valence-corrected chi connectivity index (χ4v) is 1.33. The number of methoxy groups -OCH3 is 1. The van der Waals surface area contributed by atoms with E-state index in [0.29, 0.717) is 5.02 Å². The molecule has 0 heterocycles. The summed E-state index contributed by atoms with van der Waals surface area (Å²) >= 11 is 5.91. The zero-order valence-electron chi connectivity index (χ0n) is 9.64. The van der Waals surface area contributed by atoms with Gasteiger partial charge in [-0.25, -0.2) is 0 Å². The van der Waals surface area contributed by atoms with Crippen LogP contribution in [0.4, 0.5) is 0 Å². The van der Waals surface area contributed by atoms with Crippen LogP contribution in [-0.4, -0.2) is 32.4 Å². The van der Waals surface area contributed by atoms with E-state index in [9.17, 15) is 0 Å². The minimum atomic E-state index is 0.685. The second-order valence-corrected chi connectivity index (χ2v) is 3.79. The standard InChI is InChI=1S/C12H15ClN2O/c1-15(2)14-8-4-5-10-9-11(13)6-7-12(10)16-3/h4-9H,1-3H3/b5-4+,14-8-. The molecule has 0 amide bonds. The second-order valence-electron chi connectivity index (χ2n) is 3.36. The SMILES string of the molecule is COc1ccc(Cl)cc1/C=C/C=N\N(C)C. The lowest BCUT2D eigenvalue weighted by atomic mass is 10.2. The Morgan fingerprint density at radius 3 is 2.75 bits per heavy atom. The van der Waals surface area contributed by atoms with Gasteiger partial charge >= 0.3 is 0 Å². The van der Waals surface area contributed by atoms with Crippen LogP contribution >= 0.6 is 11.6 Å². The van der Waals surface area contributed by atoms with Crippen LogP contribution in [0.15, 0.2) is 29.4 Å². The third kappa shape index (κ3) is 3.95. The molecule has 0 radical (unpaired) electrons. The Hall–Kier alpha value is -1.48. The lowest BCUT2D eigenvalue weighted by Crippen LogP contribution is -2.00. The fraction of sp³-hybridized carbons (Fsp3) is 0.250. The van der Waals surface area contributed by atoms with Crippen molar-refractivity contribution in [3.63, 3.8) is 0 Å². The van der Waals surface area contributed by atoms with Crippen molar-refractivity contribution in [2.45, 2.75) is 0 Å². The largest absolute Gasteiger partial charge is 0.496 e. The van der Waals surface area contributed by atoms with E-state index in [4.69, 9.17) is 16.3 Å². The highest BCUT2D eigenvalue weighted by molar-refractivity contribution is 6.30. The minimum Gasteiger partial charge on any atom is -0.496 e. The summed E-state index contributed by atoms with van der Waals surface area (Å²) in [6, 6.07) is 5.48. The van der Waals surface area contributed by atoms with Crippen LogP contribution in [-0.2, 0) is 0 Å². The smallest absolute Gasteiger partial charge is 0.126 e. The maximum absolute atomic E-state index is 5.91. The molecule has 0 bridgehead atoms. The molecule has 1 aromatic rings. The number of rotatable bonds is 4. The Morgan fingerprint density at radius 2 is 2.12 bits per heavy atom. The van der Waals surface area contributed by atoms with Gasteiger partial charge in [0.15, 0.2) is 0 Å². The first-order chi connectivity index (χ1) is 7.63. The van der Waals surface area contributed by atoms with Crippen molar-refractivity contribution in [2.24, 2.45) is 5.10 Å². The monoisotopic (exact) mass is 238 g/mol. The summed E-state index contributed by atoms with van der Waals surface area (Å²) in [5.41, 5.74) is 0.931. The van der Waals surface area contributed by atoms with Crippen molar-refractivity contribution >= 4 is 23.9 Å². The molecule has 86 valence electrons. The molecule has 0 spiro atoms. The first-order valence-corrected chi connectivity index (χ1v) is 5.23. The van der Waals surface area contributed by atoms with Gasteiger partial charge in [0.25, 0.3) is 0 Å². The Morgan fingerprint density at radius 1 is 1.38 bits per heavy atom. The molecule has 0 aromatic heterocycles. The third-order valence-electron chi connectivity index (χ3n) is 1.85. The topological polar surface area (TPSA) is 24.8 Å². The van der Waals surface area contributed by atoms with E-state index in [0.717, 1.165) is 11.3 Å². The van der Waals surface area contributed by atoms with Gasteiger partial charge in [-0.15, -0.1) is 0 Å². The lowest BCUT2D eigenvalue weighted by molar-refractivity contribution is 0.414. The molecule has 1 rings (SSSR count). The van der Waals surface area contributed by atoms with Crippen molar-refractivity contribution in [3.05, 3.63) is 34.9 Å². The zero-order valence-corrected chi connectivity index (χ0v) is 10.4. The lowest BCUT2D eigenvalue weighted by Gasteiger charge is -2.04. The molecular formula is C12H15ClN2O. The van der Waals surface area contributed by atoms with Crippen LogP contribution in [0.2, 0.25) is 5.02 Å². The van der Waals surface area contributed by atoms with Crippen molar-refractivity contribution in [2.75, 3.05) is 21.2 Å². The average Bonchev–Trinajstić information content (AvgIpc) is 2.24. The molecule has 0 aliphatic rings. The summed E-state index contributed by atoms with van der Waals surface area (Å²) in [6.07, 6.45) is 5.45. The molecule has 1 aromatic carbocycles. The normalized spacial score (nSPS) is 11.2. The molecule has 0 unspecified atom stereocenters. The van der Waals surface area contributed by atoms with Gasteiger partial charge in [-0.1, -0.05) is 11.6 Å². The number of ether oxygens (including phenoxy) is 1. The van der Waals surface area contributed by atoms with Gasteiger partial charge < -0.3 is 9.75 Å². The van der Waals surface area contributed by atoms with Gasteiger partial charge in [-0.05, 0) is 30.4 Å². The minimum absolute atomic E-state index is 0.685. The summed E-state index contributed by atoms with van der Waals surface area (Å²) in [5, 5.41) is 6.47. The van der Waals surface area contributed by atoms with Crippen molar-refractivity contribution in [1.29, 1.82) is 0 Å². The summed E-state index contributed by atoms with van der Waals surface area (Å²) in [5.74, 6) is 0.791. The summed E-state index contributed by atoms with van der Waals surface area (Å²) < 4.78 is 5.21. The van der Waals surface area contributed by atoms with E-state index in [1.165, 1.54) is 0 Å². The Bertz CT molecular complexity index is 400. The van der Waals surface area contributed by atoms with Crippen LogP contribution in [0.1, 0.15) is 5.56 Å². The second kappa shape index (κ2) is 6.18. The predicted octanol–water partition coefficient (Wildman–Crippen LogP) is 2.91. The first kappa shape index (κ1) is 12.6. The summed E-state index contributed by atoms with van der Waals surface area (Å²) in [6.45, 7) is 0. The van der Waals surface area contributed by atoms with Crippen LogP contribution in [0.3, 0.4) is 0 Å². The quantitative estimate of drug-likeness (QED) is 0.595. The molecule has 0 N–H and O–H groups in total. The van der Waals surface area contributed by atoms with Crippen molar-refractivity contribution in [1.82, 2.24) is 5.01 Å². The number of nitrogens with zero attached hydrogens (tertiary/aromatic N) is 2. The van der Waals surface area contributed by atoms with Gasteiger partial charge in [0.1, 0.15) is 5.75 Å². The first-order valence-electron chi connectivity index (χ1n) is 4.85. The van der Waals surface area contributed by atoms with E-state index in [1.807, 2.05) is 38.4 Å². The van der Waals surface area contributed by atoms with Crippen LogP contribution in [0, 0.1) is 0 Å². The van der Waals surface area contributed by atoms with Crippen molar-refractivity contribution < 1.29 is 4.74 Å². The summed E-state index contributed by atoms with van der Waals surface area (Å²) in [7, 11) is 5.36. The third-order valence-corrected chi connectivity index (χ3v) is 2.09. The highest BCUT2D eigenvalue weighted by Crippen LogP contribution is 2.23. The number of hydrogen-bond donors (Lipinski definition) is 0. The molecule has 0 aliphatic heterocycles. The number of benzene rings is 1. The molecule has 0 saturated heterocycles. The molecule has 0 atom stereocenters. The van der Waals surface area contributed by atoms with Gasteiger partial charge in [0, 0.05) is 30.9 Å². The zero-order chi connectivity index (χ0) is 12.0. The van der Waals surface area contributed by atoms with E-state index < -0.39 is 0 Å². The average molecular weight is 239 g/mol. The number of hydrazone groups is 1. The predicted molar refractivity (Wildman–Crippen MR) is 69.2 cm³/mol. The number of halogens is 1. The molecule has 0 saturated carbocycles. The van der Waals surface area contributed by atoms with Gasteiger partial charge in [0.05, 0.1) is 7.11 Å². The number of allylic oxidation sites excluding steroid dienone is 1. The van der Waals surface area contributed by atoms with Gasteiger partial charge in [-0.2, -0.15) is 5.10 Å². The van der Waals surface area contributed by atoms with E-state index in [2.05, 4.69) is 5.10 Å². The fourth-order valence-electron chi connectivity index (χ4n) is 1.15. The van der Waals surface area contributed by atoms with Crippen LogP contribution in [0.5, 0.6) is 5.75 Å². The van der Waals surface area contributed by atoms with Crippen LogP contribution in [0.25, 0.3) is 6.08 Å². The maximum atomic E-state index is 5.91. The molecule has 4 heteroatoms. The van der Waals surface area contributed by atoms with E-state index in [-0.39, 0.29) is 0 Å². The van der Waals surface area contributed by atoms with E-state index >= 15 is 0 Å². The Kier molecular flexibility index (Phi) is 4.86. The molecule has 0 aliphatic carbocycles. The van der Waals surface area contributed by atoms with Crippen LogP contribution < -0.4 is 4.74 Å². The highest BCUT2D eigenvalue weighted by Gasteiger charge is 1.99. The van der Waals surface area contributed by atoms with Gasteiger partial charge in [0.2, 0.25) is 0 Å². The summed E-state index contributed by atoms with van der Waals surface area (Å²) in [4.78, 5) is 0. The number of hydrogen-bond acceptors (Lipinski definition) is 3. The Balaban J connectivity index is 2.83. The maximum Gasteiger partial charge on any atom is 0.126 e. The molecule has 3 nitrogen and oxygen atoms in total. The molecule has 0 fully saturated rings. The highest BCUT2D eigenvalue weighted by atomic mass is 35.5. The molecular weight excluding hydrogens is 224 g/mol.